The summed E-state index contributed by atoms with van der Waals surface area (Å²) in [6.07, 6.45) is 0.767. The minimum absolute atomic E-state index is 0.163. The minimum Gasteiger partial charge on any atom is -0.351 e. The molecule has 1 heterocycles. The molecule has 6 nitrogen and oxygen atoms in total. The fourth-order valence-corrected chi connectivity index (χ4v) is 1.42. The highest BCUT2D eigenvalue weighted by atomic mass is 16.1. The summed E-state index contributed by atoms with van der Waals surface area (Å²) >= 11 is 0. The van der Waals surface area contributed by atoms with Crippen LogP contribution in [0.1, 0.15) is 22.6 Å². The van der Waals surface area contributed by atoms with E-state index in [4.69, 9.17) is 11.5 Å². The van der Waals surface area contributed by atoms with Gasteiger partial charge < -0.3 is 22.1 Å². The van der Waals surface area contributed by atoms with Crippen LogP contribution in [0.3, 0.4) is 0 Å². The Labute approximate surface area is 107 Å². The number of carbonyl (C=O) groups is 1. The van der Waals surface area contributed by atoms with E-state index in [0.29, 0.717) is 31.9 Å². The van der Waals surface area contributed by atoms with E-state index in [1.54, 1.807) is 6.07 Å². The molecule has 6 N–H and O–H groups in total. The summed E-state index contributed by atoms with van der Waals surface area (Å²) in [5.41, 5.74) is 12.0. The van der Waals surface area contributed by atoms with Crippen LogP contribution < -0.4 is 22.1 Å². The van der Waals surface area contributed by atoms with E-state index in [2.05, 4.69) is 15.6 Å². The summed E-state index contributed by atoms with van der Waals surface area (Å²) in [4.78, 5) is 16.0. The first-order valence-electron chi connectivity index (χ1n) is 6.13. The maximum absolute atomic E-state index is 11.7. The second-order valence-electron chi connectivity index (χ2n) is 3.88. The van der Waals surface area contributed by atoms with Crippen LogP contribution in [0.4, 0.5) is 0 Å². The normalized spacial score (nSPS) is 10.3. The van der Waals surface area contributed by atoms with E-state index < -0.39 is 0 Å². The summed E-state index contributed by atoms with van der Waals surface area (Å²) in [7, 11) is 0. The number of amides is 1. The highest BCUT2D eigenvalue weighted by molar-refractivity contribution is 5.92. The third-order valence-electron chi connectivity index (χ3n) is 2.33. The monoisotopic (exact) mass is 251 g/mol. The highest BCUT2D eigenvalue weighted by Gasteiger charge is 2.06. The molecule has 0 saturated heterocycles. The molecular formula is C12H21N5O. The molecule has 18 heavy (non-hydrogen) atoms. The number of pyridine rings is 1. The largest absolute Gasteiger partial charge is 0.351 e. The van der Waals surface area contributed by atoms with Crippen molar-refractivity contribution in [1.82, 2.24) is 15.6 Å². The molecule has 0 spiro atoms. The van der Waals surface area contributed by atoms with Gasteiger partial charge in [-0.15, -0.1) is 0 Å². The number of aromatic nitrogens is 1. The van der Waals surface area contributed by atoms with Crippen molar-refractivity contribution < 1.29 is 4.79 Å². The van der Waals surface area contributed by atoms with E-state index in [1.807, 2.05) is 12.1 Å². The SMILES string of the molecule is NCCCNC(=O)c1cccc(CNCCN)n1. The lowest BCUT2D eigenvalue weighted by molar-refractivity contribution is 0.0948. The van der Waals surface area contributed by atoms with Crippen LogP contribution in [0.2, 0.25) is 0 Å². The van der Waals surface area contributed by atoms with Gasteiger partial charge in [0.05, 0.1) is 5.69 Å². The van der Waals surface area contributed by atoms with E-state index in [1.165, 1.54) is 0 Å². The lowest BCUT2D eigenvalue weighted by atomic mass is 10.2. The molecule has 0 aliphatic heterocycles. The molecule has 100 valence electrons. The lowest BCUT2D eigenvalue weighted by Crippen LogP contribution is -2.27. The van der Waals surface area contributed by atoms with Crippen LogP contribution in [-0.2, 0) is 6.54 Å². The Balaban J connectivity index is 2.49. The van der Waals surface area contributed by atoms with E-state index in [9.17, 15) is 4.79 Å². The van der Waals surface area contributed by atoms with Gasteiger partial charge in [0.1, 0.15) is 5.69 Å². The van der Waals surface area contributed by atoms with Gasteiger partial charge in [0.25, 0.3) is 5.91 Å². The van der Waals surface area contributed by atoms with Crippen molar-refractivity contribution in [2.75, 3.05) is 26.2 Å². The van der Waals surface area contributed by atoms with Crippen molar-refractivity contribution in [3.63, 3.8) is 0 Å². The molecule has 0 aromatic carbocycles. The Hall–Kier alpha value is -1.50. The number of nitrogens with zero attached hydrogens (tertiary/aromatic N) is 1. The quantitative estimate of drug-likeness (QED) is 0.453. The summed E-state index contributed by atoms with van der Waals surface area (Å²) in [5, 5.41) is 5.91. The van der Waals surface area contributed by atoms with Crippen molar-refractivity contribution in [3.8, 4) is 0 Å². The summed E-state index contributed by atoms with van der Waals surface area (Å²) < 4.78 is 0. The van der Waals surface area contributed by atoms with Crippen molar-refractivity contribution in [2.45, 2.75) is 13.0 Å². The zero-order valence-corrected chi connectivity index (χ0v) is 10.5. The number of nitrogens with two attached hydrogens (primary N) is 2. The van der Waals surface area contributed by atoms with E-state index >= 15 is 0 Å². The molecule has 1 aromatic heterocycles. The van der Waals surface area contributed by atoms with Gasteiger partial charge >= 0.3 is 0 Å². The molecule has 6 heteroatoms. The number of hydrogen-bond donors (Lipinski definition) is 4. The van der Waals surface area contributed by atoms with Gasteiger partial charge in [-0.05, 0) is 25.1 Å². The second kappa shape index (κ2) is 8.57. The van der Waals surface area contributed by atoms with Crippen molar-refractivity contribution in [3.05, 3.63) is 29.6 Å². The molecule has 0 radical (unpaired) electrons. The highest BCUT2D eigenvalue weighted by Crippen LogP contribution is 1.99. The molecule has 1 aromatic rings. The Morgan fingerprint density at radius 3 is 2.78 bits per heavy atom. The molecule has 0 unspecified atom stereocenters. The minimum atomic E-state index is -0.163. The average Bonchev–Trinajstić information content (AvgIpc) is 2.39. The van der Waals surface area contributed by atoms with Gasteiger partial charge in [-0.2, -0.15) is 0 Å². The first-order valence-corrected chi connectivity index (χ1v) is 6.13. The third-order valence-corrected chi connectivity index (χ3v) is 2.33. The average molecular weight is 251 g/mol. The Morgan fingerprint density at radius 2 is 2.06 bits per heavy atom. The summed E-state index contributed by atoms with van der Waals surface area (Å²) in [6, 6.07) is 5.40. The van der Waals surface area contributed by atoms with Gasteiger partial charge in [0.2, 0.25) is 0 Å². The van der Waals surface area contributed by atoms with Crippen molar-refractivity contribution >= 4 is 5.91 Å². The number of rotatable bonds is 8. The van der Waals surface area contributed by atoms with E-state index in [0.717, 1.165) is 18.7 Å². The fourth-order valence-electron chi connectivity index (χ4n) is 1.42. The van der Waals surface area contributed by atoms with Crippen LogP contribution in [0, 0.1) is 0 Å². The molecule has 0 bridgehead atoms. The molecule has 1 amide bonds. The van der Waals surface area contributed by atoms with Crippen LogP contribution >= 0.6 is 0 Å². The topological polar surface area (TPSA) is 106 Å². The Kier molecular flexibility index (Phi) is 6.93. The maximum atomic E-state index is 11.7. The molecule has 1 rings (SSSR count). The van der Waals surface area contributed by atoms with Gasteiger partial charge in [-0.25, -0.2) is 4.98 Å². The van der Waals surface area contributed by atoms with Crippen molar-refractivity contribution in [2.24, 2.45) is 11.5 Å². The summed E-state index contributed by atoms with van der Waals surface area (Å²) in [6.45, 7) is 3.07. The molecular weight excluding hydrogens is 230 g/mol. The van der Waals surface area contributed by atoms with E-state index in [-0.39, 0.29) is 5.91 Å². The zero-order chi connectivity index (χ0) is 13.2. The van der Waals surface area contributed by atoms with Gasteiger partial charge in [0, 0.05) is 26.2 Å². The van der Waals surface area contributed by atoms with Crippen LogP contribution in [0.25, 0.3) is 0 Å². The smallest absolute Gasteiger partial charge is 0.269 e. The third kappa shape index (κ3) is 5.22. The van der Waals surface area contributed by atoms with Crippen molar-refractivity contribution in [1.29, 1.82) is 0 Å². The molecule has 0 aliphatic carbocycles. The first kappa shape index (κ1) is 14.6. The van der Waals surface area contributed by atoms with Crippen LogP contribution in [-0.4, -0.2) is 37.1 Å². The number of nitrogens with one attached hydrogen (secondary N) is 2. The van der Waals surface area contributed by atoms with Crippen LogP contribution in [0.15, 0.2) is 18.2 Å². The second-order valence-corrected chi connectivity index (χ2v) is 3.88. The predicted octanol–water partition coefficient (Wildman–Crippen LogP) is -0.791. The standard InChI is InChI=1S/C12H21N5O/c13-5-2-7-16-12(18)11-4-1-3-10(17-11)9-15-8-6-14/h1,3-4,15H,2,5-9,13-14H2,(H,16,18). The maximum Gasteiger partial charge on any atom is 0.269 e. The molecule has 0 atom stereocenters. The Bertz CT molecular complexity index is 369. The predicted molar refractivity (Wildman–Crippen MR) is 71.0 cm³/mol. The molecule has 0 saturated carbocycles. The Morgan fingerprint density at radius 1 is 1.22 bits per heavy atom. The zero-order valence-electron chi connectivity index (χ0n) is 10.5. The van der Waals surface area contributed by atoms with Gasteiger partial charge in [-0.3, -0.25) is 4.79 Å². The fraction of sp³-hybridized carbons (Fsp3) is 0.500. The van der Waals surface area contributed by atoms with Crippen LogP contribution in [0.5, 0.6) is 0 Å². The lowest BCUT2D eigenvalue weighted by Gasteiger charge is -2.06. The summed E-state index contributed by atoms with van der Waals surface area (Å²) in [5.74, 6) is -0.163. The number of hydrogen-bond acceptors (Lipinski definition) is 5. The molecule has 0 aliphatic rings. The number of carbonyl (C=O) groups excluding carboxylic acids is 1. The van der Waals surface area contributed by atoms with Gasteiger partial charge in [-0.1, -0.05) is 6.07 Å². The van der Waals surface area contributed by atoms with Gasteiger partial charge in [0.15, 0.2) is 0 Å². The first-order chi connectivity index (χ1) is 8.77. The molecule has 0 fully saturated rings.